The molecule has 2 aromatic carbocycles. The van der Waals surface area contributed by atoms with E-state index in [-0.39, 0.29) is 28.2 Å². The van der Waals surface area contributed by atoms with Gasteiger partial charge in [-0.05, 0) is 42.0 Å². The third kappa shape index (κ3) is 6.09. The fourth-order valence-electron chi connectivity index (χ4n) is 2.73. The molecule has 2 aromatic rings. The molecule has 1 fully saturated rings. The Balaban J connectivity index is 1.66. The fourth-order valence-corrected chi connectivity index (χ4v) is 4.62. The number of thioether (sulfide) groups is 1. The van der Waals surface area contributed by atoms with Crippen molar-refractivity contribution in [2.24, 2.45) is 0 Å². The molecule has 3 rings (SSSR count). The molecule has 1 saturated heterocycles. The van der Waals surface area contributed by atoms with Crippen molar-refractivity contribution < 1.29 is 22.8 Å². The van der Waals surface area contributed by atoms with Gasteiger partial charge in [-0.1, -0.05) is 63.6 Å². The lowest BCUT2D eigenvalue weighted by Gasteiger charge is -2.16. The average Bonchev–Trinajstić information content (AvgIpc) is 2.93. The van der Waals surface area contributed by atoms with Gasteiger partial charge in [0.1, 0.15) is 4.32 Å². The van der Waals surface area contributed by atoms with Crippen LogP contribution in [0.4, 0.5) is 18.9 Å². The number of thiocarbonyl (C=S) groups is 1. The van der Waals surface area contributed by atoms with Gasteiger partial charge in [0.25, 0.3) is 5.91 Å². The van der Waals surface area contributed by atoms with Crippen LogP contribution in [0.25, 0.3) is 6.08 Å². The Hall–Kier alpha value is -1.88. The lowest BCUT2D eigenvalue weighted by Crippen LogP contribution is -2.31. The van der Waals surface area contributed by atoms with Crippen LogP contribution in [0.3, 0.4) is 0 Å². The van der Waals surface area contributed by atoms with Crippen molar-refractivity contribution in [1.82, 2.24) is 4.90 Å². The molecule has 11 heteroatoms. The Labute approximate surface area is 198 Å². The standard InChI is InChI=1S/C20H13BrClF3N2O2S2/c21-12-3-1-2-11(8-12)9-16-18(29)27(19(30)31-16)7-6-17(28)26-15-5-4-13(22)10-14(15)20(23,24)25/h1-5,8-10H,6-7H2,(H,26,28). The molecule has 0 aliphatic carbocycles. The van der Waals surface area contributed by atoms with E-state index in [0.29, 0.717) is 4.91 Å². The summed E-state index contributed by atoms with van der Waals surface area (Å²) in [6, 6.07) is 10.4. The number of anilines is 1. The zero-order chi connectivity index (χ0) is 22.8. The number of halogens is 5. The molecule has 0 saturated carbocycles. The van der Waals surface area contributed by atoms with Crippen LogP contribution in [-0.4, -0.2) is 27.6 Å². The summed E-state index contributed by atoms with van der Waals surface area (Å²) in [7, 11) is 0. The van der Waals surface area contributed by atoms with Gasteiger partial charge < -0.3 is 5.32 Å². The van der Waals surface area contributed by atoms with E-state index in [9.17, 15) is 22.8 Å². The third-order valence-corrected chi connectivity index (χ3v) is 6.25. The predicted molar refractivity (Wildman–Crippen MR) is 124 cm³/mol. The van der Waals surface area contributed by atoms with Gasteiger partial charge in [-0.25, -0.2) is 0 Å². The first-order valence-corrected chi connectivity index (χ1v) is 11.1. The number of hydrogen-bond donors (Lipinski definition) is 1. The Bertz CT molecular complexity index is 1090. The van der Waals surface area contributed by atoms with Gasteiger partial charge in [-0.15, -0.1) is 0 Å². The SMILES string of the molecule is O=C(CCN1C(=O)C(=Cc2cccc(Br)c2)SC1=S)Nc1ccc(Cl)cc1C(F)(F)F. The molecular formula is C20H13BrClF3N2O2S2. The molecule has 1 aliphatic rings. The molecule has 162 valence electrons. The maximum atomic E-state index is 13.2. The zero-order valence-corrected chi connectivity index (χ0v) is 19.5. The summed E-state index contributed by atoms with van der Waals surface area (Å²) >= 11 is 15.3. The van der Waals surface area contributed by atoms with Crippen molar-refractivity contribution in [3.63, 3.8) is 0 Å². The van der Waals surface area contributed by atoms with Gasteiger partial charge in [0, 0.05) is 22.5 Å². The topological polar surface area (TPSA) is 49.4 Å². The first kappa shape index (κ1) is 23.8. The van der Waals surface area contributed by atoms with Gasteiger partial charge >= 0.3 is 6.18 Å². The van der Waals surface area contributed by atoms with Crippen LogP contribution < -0.4 is 5.32 Å². The maximum absolute atomic E-state index is 13.2. The average molecular weight is 550 g/mol. The second-order valence-corrected chi connectivity index (χ2v) is 9.40. The van der Waals surface area contributed by atoms with Crippen LogP contribution in [-0.2, 0) is 15.8 Å². The van der Waals surface area contributed by atoms with Gasteiger partial charge in [-0.2, -0.15) is 13.2 Å². The van der Waals surface area contributed by atoms with E-state index in [1.807, 2.05) is 24.3 Å². The number of hydrogen-bond acceptors (Lipinski definition) is 4. The monoisotopic (exact) mass is 548 g/mol. The lowest BCUT2D eigenvalue weighted by molar-refractivity contribution is -0.137. The number of carbonyl (C=O) groups excluding carboxylic acids is 2. The number of rotatable bonds is 5. The highest BCUT2D eigenvalue weighted by Gasteiger charge is 2.35. The number of amides is 2. The smallest absolute Gasteiger partial charge is 0.325 e. The highest BCUT2D eigenvalue weighted by molar-refractivity contribution is 9.10. The first-order valence-electron chi connectivity index (χ1n) is 8.72. The molecule has 1 aliphatic heterocycles. The number of nitrogens with zero attached hydrogens (tertiary/aromatic N) is 1. The Kier molecular flexibility index (Phi) is 7.46. The van der Waals surface area contributed by atoms with Crippen molar-refractivity contribution >= 4 is 79.4 Å². The minimum Gasteiger partial charge on any atom is -0.325 e. The largest absolute Gasteiger partial charge is 0.418 e. The highest BCUT2D eigenvalue weighted by atomic mass is 79.9. The molecule has 0 unspecified atom stereocenters. The van der Waals surface area contributed by atoms with E-state index >= 15 is 0 Å². The van der Waals surface area contributed by atoms with Gasteiger partial charge in [0.15, 0.2) is 0 Å². The molecular weight excluding hydrogens is 537 g/mol. The van der Waals surface area contributed by atoms with Crippen LogP contribution >= 0.6 is 51.5 Å². The van der Waals surface area contributed by atoms with Crippen molar-refractivity contribution in [3.8, 4) is 0 Å². The molecule has 1 N–H and O–H groups in total. The molecule has 0 spiro atoms. The van der Waals surface area contributed by atoms with Gasteiger partial charge in [0.05, 0.1) is 16.2 Å². The third-order valence-electron chi connectivity index (χ3n) is 4.14. The summed E-state index contributed by atoms with van der Waals surface area (Å²) in [4.78, 5) is 26.5. The molecule has 0 atom stereocenters. The molecule has 0 aromatic heterocycles. The summed E-state index contributed by atoms with van der Waals surface area (Å²) in [5.74, 6) is -1.04. The van der Waals surface area contributed by atoms with Crippen LogP contribution in [0.1, 0.15) is 17.5 Å². The highest BCUT2D eigenvalue weighted by Crippen LogP contribution is 2.37. The Morgan fingerprint density at radius 3 is 2.68 bits per heavy atom. The van der Waals surface area contributed by atoms with E-state index in [1.165, 1.54) is 11.0 Å². The fraction of sp³-hybridized carbons (Fsp3) is 0.150. The molecule has 2 amide bonds. The van der Waals surface area contributed by atoms with Crippen molar-refractivity contribution in [2.45, 2.75) is 12.6 Å². The summed E-state index contributed by atoms with van der Waals surface area (Å²) in [6.45, 7) is -0.0543. The van der Waals surface area contributed by atoms with Crippen LogP contribution in [0.15, 0.2) is 51.8 Å². The zero-order valence-electron chi connectivity index (χ0n) is 15.5. The molecule has 0 bridgehead atoms. The van der Waals surface area contributed by atoms with Crippen molar-refractivity contribution in [3.05, 3.63) is 68.0 Å². The summed E-state index contributed by atoms with van der Waals surface area (Å²) < 4.78 is 40.6. The normalized spacial score (nSPS) is 15.6. The maximum Gasteiger partial charge on any atom is 0.418 e. The number of carbonyl (C=O) groups is 2. The van der Waals surface area contributed by atoms with E-state index < -0.39 is 23.3 Å². The summed E-state index contributed by atoms with van der Waals surface area (Å²) in [6.07, 6.45) is -3.22. The number of benzene rings is 2. The predicted octanol–water partition coefficient (Wildman–Crippen LogP) is 6.35. The van der Waals surface area contributed by atoms with Crippen LogP contribution in [0.2, 0.25) is 5.02 Å². The summed E-state index contributed by atoms with van der Waals surface area (Å²) in [5, 5.41) is 2.13. The van der Waals surface area contributed by atoms with E-state index in [1.54, 1.807) is 6.08 Å². The minimum absolute atomic E-state index is 0.0543. The van der Waals surface area contributed by atoms with E-state index in [4.69, 9.17) is 23.8 Å². The molecule has 4 nitrogen and oxygen atoms in total. The molecule has 1 heterocycles. The molecule has 31 heavy (non-hydrogen) atoms. The van der Waals surface area contributed by atoms with Gasteiger partial charge in [0.2, 0.25) is 5.91 Å². The van der Waals surface area contributed by atoms with E-state index in [2.05, 4.69) is 21.2 Å². The Morgan fingerprint density at radius 2 is 2.00 bits per heavy atom. The van der Waals surface area contributed by atoms with Crippen molar-refractivity contribution in [1.29, 1.82) is 0 Å². The lowest BCUT2D eigenvalue weighted by atomic mass is 10.1. The van der Waals surface area contributed by atoms with Crippen molar-refractivity contribution in [2.75, 3.05) is 11.9 Å². The first-order chi connectivity index (χ1) is 14.5. The number of alkyl halides is 3. The Morgan fingerprint density at radius 1 is 1.26 bits per heavy atom. The summed E-state index contributed by atoms with van der Waals surface area (Å²) in [5.41, 5.74) is -0.646. The van der Waals surface area contributed by atoms with Crippen LogP contribution in [0.5, 0.6) is 0 Å². The second kappa shape index (κ2) is 9.72. The second-order valence-electron chi connectivity index (χ2n) is 6.37. The van der Waals surface area contributed by atoms with Gasteiger partial charge in [-0.3, -0.25) is 14.5 Å². The quantitative estimate of drug-likeness (QED) is 0.349. The molecule has 0 radical (unpaired) electrons. The minimum atomic E-state index is -4.68. The van der Waals surface area contributed by atoms with E-state index in [0.717, 1.165) is 33.9 Å². The van der Waals surface area contributed by atoms with Crippen LogP contribution in [0, 0.1) is 0 Å². The number of nitrogens with one attached hydrogen (secondary N) is 1.